The van der Waals surface area contributed by atoms with E-state index in [-0.39, 0.29) is 34.4 Å². The number of benzene rings is 1. The van der Waals surface area contributed by atoms with Crippen LogP contribution in [0.5, 0.6) is 0 Å². The number of hydrogen-bond acceptors (Lipinski definition) is 3. The van der Waals surface area contributed by atoms with Crippen LogP contribution in [0.15, 0.2) is 23.1 Å². The second-order valence-corrected chi connectivity index (χ2v) is 7.26. The quantitative estimate of drug-likeness (QED) is 0.889. The van der Waals surface area contributed by atoms with Crippen LogP contribution in [0.4, 0.5) is 0 Å². The Balaban J connectivity index is 0.00000200. The maximum Gasteiger partial charge on any atom is 0.242 e. The van der Waals surface area contributed by atoms with E-state index in [0.29, 0.717) is 0 Å². The van der Waals surface area contributed by atoms with Gasteiger partial charge in [0.25, 0.3) is 0 Å². The smallest absolute Gasteiger partial charge is 0.242 e. The van der Waals surface area contributed by atoms with Crippen molar-refractivity contribution in [2.75, 3.05) is 0 Å². The van der Waals surface area contributed by atoms with Gasteiger partial charge in [-0.3, -0.25) is 0 Å². The highest BCUT2D eigenvalue weighted by Gasteiger charge is 2.25. The van der Waals surface area contributed by atoms with Gasteiger partial charge in [0.15, 0.2) is 0 Å². The molecule has 3 N–H and O–H groups in total. The van der Waals surface area contributed by atoms with Gasteiger partial charge in [0.1, 0.15) is 4.90 Å². The first-order chi connectivity index (χ1) is 8.88. The number of sulfonamides is 1. The molecule has 1 aliphatic rings. The third-order valence-electron chi connectivity index (χ3n) is 3.47. The van der Waals surface area contributed by atoms with Gasteiger partial charge in [0.05, 0.1) is 5.02 Å². The van der Waals surface area contributed by atoms with E-state index in [9.17, 15) is 8.42 Å². The summed E-state index contributed by atoms with van der Waals surface area (Å²) in [5, 5.41) is 0.264. The van der Waals surface area contributed by atoms with Crippen LogP contribution in [0.25, 0.3) is 0 Å². The Hall–Kier alpha value is -0.330. The Labute approximate surface area is 131 Å². The average molecular weight is 339 g/mol. The van der Waals surface area contributed by atoms with Gasteiger partial charge in [-0.25, -0.2) is 13.1 Å². The molecule has 0 spiro atoms. The number of rotatable bonds is 3. The van der Waals surface area contributed by atoms with Gasteiger partial charge in [0.2, 0.25) is 10.0 Å². The predicted octanol–water partition coefficient (Wildman–Crippen LogP) is 2.62. The van der Waals surface area contributed by atoms with Gasteiger partial charge in [-0.2, -0.15) is 0 Å². The van der Waals surface area contributed by atoms with Crippen molar-refractivity contribution in [3.63, 3.8) is 0 Å². The Kier molecular flexibility index (Phi) is 6.28. The summed E-state index contributed by atoms with van der Waals surface area (Å²) >= 11 is 6.02. The first-order valence-corrected chi connectivity index (χ1v) is 8.28. The third kappa shape index (κ3) is 4.33. The Morgan fingerprint density at radius 2 is 1.85 bits per heavy atom. The second kappa shape index (κ2) is 7.09. The zero-order valence-corrected chi connectivity index (χ0v) is 13.7. The number of nitrogens with one attached hydrogen (secondary N) is 1. The maximum atomic E-state index is 12.3. The highest BCUT2D eigenvalue weighted by molar-refractivity contribution is 7.89. The Morgan fingerprint density at radius 3 is 2.40 bits per heavy atom. The van der Waals surface area contributed by atoms with Crippen molar-refractivity contribution in [1.29, 1.82) is 0 Å². The molecule has 0 aliphatic heterocycles. The van der Waals surface area contributed by atoms with Crippen molar-refractivity contribution in [3.8, 4) is 0 Å². The van der Waals surface area contributed by atoms with E-state index in [0.717, 1.165) is 31.2 Å². The van der Waals surface area contributed by atoms with Crippen LogP contribution in [-0.4, -0.2) is 20.5 Å². The van der Waals surface area contributed by atoms with Crippen LogP contribution >= 0.6 is 24.0 Å². The van der Waals surface area contributed by atoms with Gasteiger partial charge in [-0.05, 0) is 50.3 Å². The Morgan fingerprint density at radius 1 is 1.25 bits per heavy atom. The predicted molar refractivity (Wildman–Crippen MR) is 84.0 cm³/mol. The summed E-state index contributed by atoms with van der Waals surface area (Å²) < 4.78 is 27.3. The summed E-state index contributed by atoms with van der Waals surface area (Å²) in [5.74, 6) is 0. The lowest BCUT2D eigenvalue weighted by Gasteiger charge is -2.26. The zero-order valence-electron chi connectivity index (χ0n) is 11.3. The highest BCUT2D eigenvalue weighted by Crippen LogP contribution is 2.24. The van der Waals surface area contributed by atoms with Crippen molar-refractivity contribution in [3.05, 3.63) is 28.8 Å². The molecule has 20 heavy (non-hydrogen) atoms. The first-order valence-electron chi connectivity index (χ1n) is 6.42. The molecule has 4 nitrogen and oxygen atoms in total. The first kappa shape index (κ1) is 17.7. The molecular weight excluding hydrogens is 319 g/mol. The highest BCUT2D eigenvalue weighted by atomic mass is 35.5. The van der Waals surface area contributed by atoms with E-state index in [1.54, 1.807) is 18.2 Å². The molecule has 0 heterocycles. The van der Waals surface area contributed by atoms with Gasteiger partial charge < -0.3 is 5.73 Å². The molecule has 0 unspecified atom stereocenters. The maximum absolute atomic E-state index is 12.3. The van der Waals surface area contributed by atoms with Gasteiger partial charge in [-0.1, -0.05) is 17.7 Å². The lowest BCUT2D eigenvalue weighted by Crippen LogP contribution is -2.40. The van der Waals surface area contributed by atoms with E-state index < -0.39 is 10.0 Å². The minimum Gasteiger partial charge on any atom is -0.328 e. The molecule has 0 saturated heterocycles. The molecule has 0 atom stereocenters. The summed E-state index contributed by atoms with van der Waals surface area (Å²) in [4.78, 5) is 0.148. The molecule has 1 saturated carbocycles. The van der Waals surface area contributed by atoms with Crippen LogP contribution in [0, 0.1) is 6.92 Å². The van der Waals surface area contributed by atoms with Gasteiger partial charge >= 0.3 is 0 Å². The van der Waals surface area contributed by atoms with E-state index in [2.05, 4.69) is 4.72 Å². The third-order valence-corrected chi connectivity index (χ3v) is 5.47. The minimum absolute atomic E-state index is 0. The van der Waals surface area contributed by atoms with Crippen LogP contribution in [0.2, 0.25) is 5.02 Å². The number of aryl methyl sites for hydroxylation is 1. The molecule has 114 valence electrons. The number of halogens is 2. The largest absolute Gasteiger partial charge is 0.328 e. The number of nitrogens with two attached hydrogens (primary N) is 1. The molecule has 1 aliphatic carbocycles. The lowest BCUT2D eigenvalue weighted by atomic mass is 9.93. The van der Waals surface area contributed by atoms with E-state index in [1.807, 2.05) is 6.92 Å². The van der Waals surface area contributed by atoms with Crippen molar-refractivity contribution in [2.45, 2.75) is 49.6 Å². The molecule has 0 aromatic heterocycles. The van der Waals surface area contributed by atoms with E-state index >= 15 is 0 Å². The van der Waals surface area contributed by atoms with Gasteiger partial charge in [0, 0.05) is 12.1 Å². The fourth-order valence-corrected chi connectivity index (χ4v) is 4.25. The molecule has 0 amide bonds. The standard InChI is InChI=1S/C13H19ClN2O2S.ClH/c1-9-2-7-13(12(14)8-9)19(17,18)16-11-5-3-10(15)4-6-11;/h2,7-8,10-11,16H,3-6,15H2,1H3;1H. The molecule has 1 fully saturated rings. The fraction of sp³-hybridized carbons (Fsp3) is 0.538. The summed E-state index contributed by atoms with van der Waals surface area (Å²) in [6, 6.07) is 5.12. The molecule has 2 rings (SSSR count). The summed E-state index contributed by atoms with van der Waals surface area (Å²) in [5.41, 5.74) is 6.75. The summed E-state index contributed by atoms with van der Waals surface area (Å²) in [7, 11) is -3.55. The van der Waals surface area contributed by atoms with Crippen molar-refractivity contribution < 1.29 is 8.42 Å². The molecule has 1 aromatic carbocycles. The van der Waals surface area contributed by atoms with Crippen LogP contribution in [0.1, 0.15) is 31.2 Å². The van der Waals surface area contributed by atoms with E-state index in [4.69, 9.17) is 17.3 Å². The molecule has 7 heteroatoms. The lowest BCUT2D eigenvalue weighted by molar-refractivity contribution is 0.373. The van der Waals surface area contributed by atoms with Crippen LogP contribution < -0.4 is 10.5 Å². The molecular formula is C13H20Cl2N2O2S. The van der Waals surface area contributed by atoms with E-state index in [1.165, 1.54) is 0 Å². The average Bonchev–Trinajstić information content (AvgIpc) is 2.31. The topological polar surface area (TPSA) is 72.2 Å². The van der Waals surface area contributed by atoms with Crippen LogP contribution in [0.3, 0.4) is 0 Å². The minimum atomic E-state index is -3.55. The molecule has 0 radical (unpaired) electrons. The SMILES string of the molecule is Cc1ccc(S(=O)(=O)NC2CCC(N)CC2)c(Cl)c1.Cl. The van der Waals surface area contributed by atoms with Crippen molar-refractivity contribution in [2.24, 2.45) is 5.73 Å². The van der Waals surface area contributed by atoms with Gasteiger partial charge in [-0.15, -0.1) is 12.4 Å². The molecule has 1 aromatic rings. The summed E-state index contributed by atoms with van der Waals surface area (Å²) in [6.45, 7) is 1.87. The van der Waals surface area contributed by atoms with Crippen molar-refractivity contribution >= 4 is 34.0 Å². The summed E-state index contributed by atoms with van der Waals surface area (Å²) in [6.07, 6.45) is 3.28. The molecule has 0 bridgehead atoms. The second-order valence-electron chi connectivity index (χ2n) is 5.17. The fourth-order valence-electron chi connectivity index (χ4n) is 2.34. The van der Waals surface area contributed by atoms with Crippen molar-refractivity contribution in [1.82, 2.24) is 4.72 Å². The monoisotopic (exact) mass is 338 g/mol. The normalized spacial score (nSPS) is 23.1. The Bertz CT molecular complexity index is 555. The van der Waals surface area contributed by atoms with Crippen LogP contribution in [-0.2, 0) is 10.0 Å². The number of hydrogen-bond donors (Lipinski definition) is 2. The zero-order chi connectivity index (χ0) is 14.0.